The standard InChI is InChI=1S/C9H19NO4/c1-12-6-8(5-11)10-4-9-2-3-13-7-14-9/h8-11H,2-7H2,1H3. The van der Waals surface area contributed by atoms with Crippen LogP contribution in [-0.4, -0.2) is 57.5 Å². The zero-order valence-corrected chi connectivity index (χ0v) is 8.57. The zero-order valence-electron chi connectivity index (χ0n) is 8.57. The van der Waals surface area contributed by atoms with Gasteiger partial charge in [-0.2, -0.15) is 0 Å². The summed E-state index contributed by atoms with van der Waals surface area (Å²) in [6.07, 6.45) is 1.09. The Bertz CT molecular complexity index is 134. The smallest absolute Gasteiger partial charge is 0.147 e. The molecule has 2 unspecified atom stereocenters. The van der Waals surface area contributed by atoms with E-state index in [4.69, 9.17) is 19.3 Å². The Hall–Kier alpha value is -0.200. The Morgan fingerprint density at radius 3 is 3.07 bits per heavy atom. The van der Waals surface area contributed by atoms with E-state index in [9.17, 15) is 0 Å². The van der Waals surface area contributed by atoms with Gasteiger partial charge in [-0.25, -0.2) is 0 Å². The van der Waals surface area contributed by atoms with E-state index in [1.165, 1.54) is 0 Å². The Balaban J connectivity index is 2.10. The molecule has 0 aliphatic carbocycles. The Morgan fingerprint density at radius 2 is 2.50 bits per heavy atom. The van der Waals surface area contributed by atoms with Crippen molar-refractivity contribution in [3.63, 3.8) is 0 Å². The van der Waals surface area contributed by atoms with Crippen LogP contribution < -0.4 is 5.32 Å². The molecule has 5 nitrogen and oxygen atoms in total. The fourth-order valence-electron chi connectivity index (χ4n) is 1.34. The first kappa shape index (κ1) is 11.9. The van der Waals surface area contributed by atoms with Crippen LogP contribution in [0.15, 0.2) is 0 Å². The minimum atomic E-state index is -0.00792. The van der Waals surface area contributed by atoms with E-state index in [0.717, 1.165) is 19.6 Å². The first-order valence-corrected chi connectivity index (χ1v) is 4.89. The van der Waals surface area contributed by atoms with Crippen LogP contribution in [0.1, 0.15) is 6.42 Å². The van der Waals surface area contributed by atoms with Gasteiger partial charge in [0.05, 0.1) is 32.0 Å². The molecule has 0 aromatic heterocycles. The summed E-state index contributed by atoms with van der Waals surface area (Å²) in [6.45, 7) is 2.45. The lowest BCUT2D eigenvalue weighted by molar-refractivity contribution is -0.138. The van der Waals surface area contributed by atoms with Crippen LogP contribution in [-0.2, 0) is 14.2 Å². The van der Waals surface area contributed by atoms with Crippen molar-refractivity contribution in [2.24, 2.45) is 0 Å². The molecule has 2 atom stereocenters. The fourth-order valence-corrected chi connectivity index (χ4v) is 1.34. The van der Waals surface area contributed by atoms with Gasteiger partial charge in [-0.3, -0.25) is 0 Å². The molecule has 1 fully saturated rings. The van der Waals surface area contributed by atoms with Crippen molar-refractivity contribution in [3.05, 3.63) is 0 Å². The predicted molar refractivity (Wildman–Crippen MR) is 51.1 cm³/mol. The molecule has 2 N–H and O–H groups in total. The SMILES string of the molecule is COCC(CO)NCC1CCOCO1. The normalized spacial score (nSPS) is 24.9. The molecule has 1 rings (SSSR count). The molecule has 1 saturated heterocycles. The van der Waals surface area contributed by atoms with Crippen molar-refractivity contribution >= 4 is 0 Å². The number of rotatable bonds is 6. The Labute approximate surface area is 84.3 Å². The average Bonchev–Trinajstić information content (AvgIpc) is 2.25. The van der Waals surface area contributed by atoms with Gasteiger partial charge in [0.25, 0.3) is 0 Å². The van der Waals surface area contributed by atoms with Crippen molar-refractivity contribution in [1.29, 1.82) is 0 Å². The molecule has 1 heterocycles. The van der Waals surface area contributed by atoms with Gasteiger partial charge in [-0.15, -0.1) is 0 Å². The second-order valence-corrected chi connectivity index (χ2v) is 3.35. The maximum absolute atomic E-state index is 8.98. The lowest BCUT2D eigenvalue weighted by Crippen LogP contribution is -2.43. The van der Waals surface area contributed by atoms with E-state index < -0.39 is 0 Å². The van der Waals surface area contributed by atoms with Crippen LogP contribution in [0.5, 0.6) is 0 Å². The predicted octanol–water partition coefficient (Wildman–Crippen LogP) is -0.654. The van der Waals surface area contributed by atoms with Crippen molar-refractivity contribution < 1.29 is 19.3 Å². The molecule has 0 amide bonds. The number of hydrogen-bond donors (Lipinski definition) is 2. The first-order valence-electron chi connectivity index (χ1n) is 4.89. The van der Waals surface area contributed by atoms with E-state index >= 15 is 0 Å². The van der Waals surface area contributed by atoms with E-state index in [2.05, 4.69) is 5.32 Å². The van der Waals surface area contributed by atoms with Crippen LogP contribution in [0.25, 0.3) is 0 Å². The minimum Gasteiger partial charge on any atom is -0.395 e. The molecule has 0 aromatic rings. The van der Waals surface area contributed by atoms with Gasteiger partial charge >= 0.3 is 0 Å². The number of aliphatic hydroxyl groups excluding tert-OH is 1. The Morgan fingerprint density at radius 1 is 1.64 bits per heavy atom. The Kier molecular flexibility index (Phi) is 6.05. The summed E-state index contributed by atoms with van der Waals surface area (Å²) in [6, 6.07) is -0.00792. The third kappa shape index (κ3) is 4.34. The number of aliphatic hydroxyl groups is 1. The third-order valence-electron chi connectivity index (χ3n) is 2.19. The molecule has 1 aliphatic heterocycles. The van der Waals surface area contributed by atoms with Crippen LogP contribution in [0.4, 0.5) is 0 Å². The summed E-state index contributed by atoms with van der Waals surface area (Å²) in [4.78, 5) is 0. The van der Waals surface area contributed by atoms with Crippen molar-refractivity contribution in [1.82, 2.24) is 5.32 Å². The highest BCUT2D eigenvalue weighted by Gasteiger charge is 2.15. The van der Waals surface area contributed by atoms with Gasteiger partial charge in [-0.1, -0.05) is 0 Å². The van der Waals surface area contributed by atoms with Crippen molar-refractivity contribution in [2.75, 3.05) is 40.3 Å². The van der Waals surface area contributed by atoms with Crippen LogP contribution in [0.2, 0.25) is 0 Å². The summed E-state index contributed by atoms with van der Waals surface area (Å²) in [5.41, 5.74) is 0. The summed E-state index contributed by atoms with van der Waals surface area (Å²) in [7, 11) is 1.62. The molecule has 0 spiro atoms. The summed E-state index contributed by atoms with van der Waals surface area (Å²) < 4.78 is 15.3. The summed E-state index contributed by atoms with van der Waals surface area (Å²) in [5.74, 6) is 0. The summed E-state index contributed by atoms with van der Waals surface area (Å²) >= 11 is 0. The lowest BCUT2D eigenvalue weighted by atomic mass is 10.2. The van der Waals surface area contributed by atoms with Gasteiger partial charge in [0.15, 0.2) is 0 Å². The highest BCUT2D eigenvalue weighted by atomic mass is 16.7. The third-order valence-corrected chi connectivity index (χ3v) is 2.19. The van der Waals surface area contributed by atoms with E-state index in [1.807, 2.05) is 0 Å². The average molecular weight is 205 g/mol. The largest absolute Gasteiger partial charge is 0.395 e. The van der Waals surface area contributed by atoms with Gasteiger partial charge in [0.2, 0.25) is 0 Å². The molecular formula is C9H19NO4. The monoisotopic (exact) mass is 205 g/mol. The maximum atomic E-state index is 8.98. The van der Waals surface area contributed by atoms with Gasteiger partial charge < -0.3 is 24.6 Å². The molecule has 0 radical (unpaired) electrons. The van der Waals surface area contributed by atoms with Crippen LogP contribution in [0, 0.1) is 0 Å². The summed E-state index contributed by atoms with van der Waals surface area (Å²) in [5, 5.41) is 12.2. The van der Waals surface area contributed by atoms with E-state index in [-0.39, 0.29) is 18.8 Å². The number of methoxy groups -OCH3 is 1. The quantitative estimate of drug-likeness (QED) is 0.603. The van der Waals surface area contributed by atoms with Gasteiger partial charge in [-0.05, 0) is 6.42 Å². The highest BCUT2D eigenvalue weighted by Crippen LogP contribution is 2.04. The second kappa shape index (κ2) is 7.14. The molecule has 0 saturated carbocycles. The second-order valence-electron chi connectivity index (χ2n) is 3.35. The van der Waals surface area contributed by atoms with E-state index in [1.54, 1.807) is 7.11 Å². The highest BCUT2D eigenvalue weighted by molar-refractivity contribution is 4.69. The molecule has 5 heteroatoms. The maximum Gasteiger partial charge on any atom is 0.147 e. The molecule has 84 valence electrons. The minimum absolute atomic E-state index is 0.00792. The molecule has 0 bridgehead atoms. The molecular weight excluding hydrogens is 186 g/mol. The van der Waals surface area contributed by atoms with Crippen LogP contribution >= 0.6 is 0 Å². The van der Waals surface area contributed by atoms with Gasteiger partial charge in [0, 0.05) is 13.7 Å². The van der Waals surface area contributed by atoms with Crippen LogP contribution in [0.3, 0.4) is 0 Å². The fraction of sp³-hybridized carbons (Fsp3) is 1.00. The molecule has 0 aromatic carbocycles. The first-order chi connectivity index (χ1) is 6.86. The number of ether oxygens (including phenoxy) is 3. The lowest BCUT2D eigenvalue weighted by Gasteiger charge is -2.25. The number of nitrogens with one attached hydrogen (secondary N) is 1. The topological polar surface area (TPSA) is 60.0 Å². The molecule has 1 aliphatic rings. The van der Waals surface area contributed by atoms with Gasteiger partial charge in [0.1, 0.15) is 6.79 Å². The zero-order chi connectivity index (χ0) is 10.2. The molecule has 14 heavy (non-hydrogen) atoms. The number of hydrogen-bond acceptors (Lipinski definition) is 5. The van der Waals surface area contributed by atoms with Crippen molar-refractivity contribution in [3.8, 4) is 0 Å². The van der Waals surface area contributed by atoms with E-state index in [0.29, 0.717) is 13.4 Å². The van der Waals surface area contributed by atoms with Crippen molar-refractivity contribution in [2.45, 2.75) is 18.6 Å².